The van der Waals surface area contributed by atoms with Crippen LogP contribution < -0.4 is 4.74 Å². The first-order valence-electron chi connectivity index (χ1n) is 8.76. The Hall–Kier alpha value is -1.54. The summed E-state index contributed by atoms with van der Waals surface area (Å²) in [6, 6.07) is 3.08. The maximum absolute atomic E-state index is 13.7. The van der Waals surface area contributed by atoms with Crippen LogP contribution >= 0.6 is 11.8 Å². The van der Waals surface area contributed by atoms with E-state index in [-0.39, 0.29) is 5.75 Å². The lowest BCUT2D eigenvalue weighted by Gasteiger charge is -2.39. The molecule has 0 aliphatic rings. The number of benzene rings is 1. The summed E-state index contributed by atoms with van der Waals surface area (Å²) in [5.74, 6) is -37.2. The van der Waals surface area contributed by atoms with Crippen LogP contribution in [0.2, 0.25) is 0 Å². The molecule has 0 spiro atoms. The molecule has 0 saturated carbocycles. The summed E-state index contributed by atoms with van der Waals surface area (Å²) in [6.45, 7) is 3.27. The smallest absolute Gasteiger partial charge is 0.460 e. The summed E-state index contributed by atoms with van der Waals surface area (Å²) in [7, 11) is 1.38. The molecule has 0 bridgehead atoms. The summed E-state index contributed by atoms with van der Waals surface area (Å²) >= 11 is 0.493. The van der Waals surface area contributed by atoms with E-state index in [0.29, 0.717) is 34.2 Å². The molecule has 0 N–H and O–H groups in total. The fourth-order valence-electron chi connectivity index (χ4n) is 2.79. The van der Waals surface area contributed by atoms with Gasteiger partial charge in [-0.3, -0.25) is 0 Å². The van der Waals surface area contributed by atoms with E-state index in [2.05, 4.69) is 0 Å². The third-order valence-corrected chi connectivity index (χ3v) is 5.58. The number of hydrogen-bond donors (Lipinski definition) is 0. The second-order valence-corrected chi connectivity index (χ2v) is 8.17. The molecule has 0 radical (unpaired) electrons. The Morgan fingerprint density at radius 3 is 1.52 bits per heavy atom. The Morgan fingerprint density at radius 2 is 1.12 bits per heavy atom. The minimum Gasteiger partial charge on any atom is -0.496 e. The SMILES string of the molecule is COc1c(C)cc(CSCCC(F)(F)C(F)(F)C(F)(F)C(F)(F)C(F)(F)C(F)(F)F)cc1C. The summed E-state index contributed by atoms with van der Waals surface area (Å²) < 4.78 is 175. The highest BCUT2D eigenvalue weighted by atomic mass is 32.2. The molecule has 1 aromatic rings. The second kappa shape index (κ2) is 9.25. The van der Waals surface area contributed by atoms with Crippen LogP contribution in [0.25, 0.3) is 0 Å². The van der Waals surface area contributed by atoms with Crippen molar-refractivity contribution in [2.24, 2.45) is 0 Å². The fourth-order valence-corrected chi connectivity index (χ4v) is 3.74. The third-order valence-electron chi connectivity index (χ3n) is 4.55. The Bertz CT molecular complexity index is 810. The molecule has 0 fully saturated rings. The Kier molecular flexibility index (Phi) is 8.27. The minimum atomic E-state index is -7.86. The van der Waals surface area contributed by atoms with Crippen molar-refractivity contribution in [3.05, 3.63) is 28.8 Å². The molecule has 15 heteroatoms. The molecule has 1 aromatic carbocycles. The first-order chi connectivity index (χ1) is 14.6. The second-order valence-electron chi connectivity index (χ2n) is 7.07. The topological polar surface area (TPSA) is 9.23 Å². The number of methoxy groups -OCH3 is 1. The molecule has 0 atom stereocenters. The van der Waals surface area contributed by atoms with Crippen LogP contribution in [0.4, 0.5) is 57.1 Å². The van der Waals surface area contributed by atoms with E-state index in [1.165, 1.54) is 7.11 Å². The molecule has 0 aliphatic carbocycles. The van der Waals surface area contributed by atoms with Gasteiger partial charge in [-0.2, -0.15) is 68.8 Å². The van der Waals surface area contributed by atoms with Crippen molar-refractivity contribution in [3.8, 4) is 5.75 Å². The maximum atomic E-state index is 13.7. The van der Waals surface area contributed by atoms with Gasteiger partial charge in [0, 0.05) is 12.2 Å². The standard InChI is InChI=1S/C18H17F13OS/c1-9-6-11(7-10(2)12(9)32-3)8-33-5-4-13(19,20)14(21,22)15(23,24)16(25,26)17(27,28)18(29,30)31/h6-7H,4-5,8H2,1-3H3. The zero-order valence-corrected chi connectivity index (χ0v) is 17.8. The molecular formula is C18H17F13OS. The predicted octanol–water partition coefficient (Wildman–Crippen LogP) is 7.67. The molecule has 0 unspecified atom stereocenters. The molecule has 33 heavy (non-hydrogen) atoms. The van der Waals surface area contributed by atoms with E-state index < -0.39 is 48.0 Å². The van der Waals surface area contributed by atoms with Crippen molar-refractivity contribution in [1.29, 1.82) is 0 Å². The molecule has 0 saturated heterocycles. The monoisotopic (exact) mass is 528 g/mol. The van der Waals surface area contributed by atoms with Crippen LogP contribution in [-0.4, -0.2) is 48.7 Å². The molecule has 0 amide bonds. The number of aryl methyl sites for hydroxylation is 2. The highest BCUT2D eigenvalue weighted by Crippen LogP contribution is 2.60. The van der Waals surface area contributed by atoms with Gasteiger partial charge >= 0.3 is 35.8 Å². The fraction of sp³-hybridized carbons (Fsp3) is 0.667. The number of rotatable bonds is 10. The lowest BCUT2D eigenvalue weighted by atomic mass is 9.93. The van der Waals surface area contributed by atoms with E-state index in [0.717, 1.165) is 0 Å². The van der Waals surface area contributed by atoms with Gasteiger partial charge in [0.25, 0.3) is 0 Å². The molecule has 0 aromatic heterocycles. The summed E-state index contributed by atoms with van der Waals surface area (Å²) in [4.78, 5) is 0. The average molecular weight is 528 g/mol. The van der Waals surface area contributed by atoms with Gasteiger partial charge in [-0.05, 0) is 36.3 Å². The van der Waals surface area contributed by atoms with Crippen molar-refractivity contribution in [3.63, 3.8) is 0 Å². The number of ether oxygens (including phenoxy) is 1. The van der Waals surface area contributed by atoms with Crippen LogP contribution in [0.1, 0.15) is 23.1 Å². The zero-order chi connectivity index (χ0) is 26.3. The van der Waals surface area contributed by atoms with Crippen molar-refractivity contribution in [1.82, 2.24) is 0 Å². The molecule has 0 aliphatic heterocycles. The summed E-state index contributed by atoms with van der Waals surface area (Å²) in [6.07, 6.45) is -9.61. The average Bonchev–Trinajstić information content (AvgIpc) is 2.63. The first kappa shape index (κ1) is 29.5. The van der Waals surface area contributed by atoms with E-state index in [4.69, 9.17) is 4.74 Å². The van der Waals surface area contributed by atoms with E-state index in [1.54, 1.807) is 26.0 Å². The van der Waals surface area contributed by atoms with Crippen LogP contribution in [0, 0.1) is 13.8 Å². The molecule has 0 heterocycles. The quantitative estimate of drug-likeness (QED) is 0.228. The zero-order valence-electron chi connectivity index (χ0n) is 17.0. The van der Waals surface area contributed by atoms with Gasteiger partial charge in [-0.25, -0.2) is 0 Å². The van der Waals surface area contributed by atoms with Gasteiger partial charge in [0.05, 0.1) is 7.11 Å². The highest BCUT2D eigenvalue weighted by Gasteiger charge is 2.90. The lowest BCUT2D eigenvalue weighted by molar-refractivity contribution is -0.439. The molecule has 1 rings (SSSR count). The first-order valence-corrected chi connectivity index (χ1v) is 9.91. The Labute approximate surface area is 183 Å². The maximum Gasteiger partial charge on any atom is 0.460 e. The van der Waals surface area contributed by atoms with Crippen molar-refractivity contribution < 1.29 is 61.8 Å². The predicted molar refractivity (Wildman–Crippen MR) is 94.0 cm³/mol. The van der Waals surface area contributed by atoms with E-state index >= 15 is 0 Å². The normalized spacial score (nSPS) is 14.5. The molecule has 192 valence electrons. The lowest BCUT2D eigenvalue weighted by Crippen LogP contribution is -2.70. The van der Waals surface area contributed by atoms with Gasteiger partial charge < -0.3 is 4.74 Å². The van der Waals surface area contributed by atoms with Gasteiger partial charge in [0.1, 0.15) is 5.75 Å². The van der Waals surface area contributed by atoms with Gasteiger partial charge in [0.15, 0.2) is 0 Å². The van der Waals surface area contributed by atoms with Crippen molar-refractivity contribution in [2.45, 2.75) is 61.8 Å². The number of hydrogen-bond acceptors (Lipinski definition) is 2. The minimum absolute atomic E-state index is 0.119. The van der Waals surface area contributed by atoms with Crippen molar-refractivity contribution >= 4 is 11.8 Å². The molecule has 1 nitrogen and oxygen atoms in total. The number of halogens is 13. The van der Waals surface area contributed by atoms with Gasteiger partial charge in [0.2, 0.25) is 0 Å². The van der Waals surface area contributed by atoms with E-state index in [1.807, 2.05) is 0 Å². The Morgan fingerprint density at radius 1 is 0.697 bits per heavy atom. The van der Waals surface area contributed by atoms with Gasteiger partial charge in [-0.15, -0.1) is 0 Å². The number of thioether (sulfide) groups is 1. The summed E-state index contributed by atoms with van der Waals surface area (Å²) in [5.41, 5.74) is 1.72. The van der Waals surface area contributed by atoms with Gasteiger partial charge in [-0.1, -0.05) is 12.1 Å². The Balaban J connectivity index is 3.00. The van der Waals surface area contributed by atoms with Crippen LogP contribution in [0.5, 0.6) is 5.75 Å². The van der Waals surface area contributed by atoms with Crippen molar-refractivity contribution in [2.75, 3.05) is 12.9 Å². The van der Waals surface area contributed by atoms with Crippen LogP contribution in [-0.2, 0) is 5.75 Å². The third kappa shape index (κ3) is 5.11. The molecular weight excluding hydrogens is 511 g/mol. The van der Waals surface area contributed by atoms with E-state index in [9.17, 15) is 57.1 Å². The van der Waals surface area contributed by atoms with Crippen LogP contribution in [0.15, 0.2) is 12.1 Å². The number of alkyl halides is 13. The van der Waals surface area contributed by atoms with Crippen LogP contribution in [0.3, 0.4) is 0 Å². The highest BCUT2D eigenvalue weighted by molar-refractivity contribution is 7.98. The summed E-state index contributed by atoms with van der Waals surface area (Å²) in [5, 5.41) is 0. The largest absolute Gasteiger partial charge is 0.496 e.